The van der Waals surface area contributed by atoms with Gasteiger partial charge in [-0.15, -0.1) is 18.3 Å². The number of hydrogen-bond acceptors (Lipinski definition) is 5. The van der Waals surface area contributed by atoms with Crippen molar-refractivity contribution >= 4 is 34.9 Å². The van der Waals surface area contributed by atoms with Crippen LogP contribution in [0.3, 0.4) is 0 Å². The van der Waals surface area contributed by atoms with Crippen LogP contribution in [0.25, 0.3) is 17.1 Å². The Morgan fingerprint density at radius 3 is 2.52 bits per heavy atom. The lowest BCUT2D eigenvalue weighted by atomic mass is 9.99. The van der Waals surface area contributed by atoms with Gasteiger partial charge in [0.2, 0.25) is 0 Å². The highest BCUT2D eigenvalue weighted by Crippen LogP contribution is 2.34. The van der Waals surface area contributed by atoms with E-state index < -0.39 is 12.4 Å². The number of halogens is 3. The molecule has 44 heavy (non-hydrogen) atoms. The molecule has 0 N–H and O–H groups in total. The summed E-state index contributed by atoms with van der Waals surface area (Å²) in [4.78, 5) is 27.7. The van der Waals surface area contributed by atoms with Crippen molar-refractivity contribution in [1.82, 2.24) is 14.8 Å². The number of para-hydroxylation sites is 1. The molecule has 5 rings (SSSR count). The number of hydrogen-bond donors (Lipinski definition) is 0. The van der Waals surface area contributed by atoms with Gasteiger partial charge in [-0.05, 0) is 60.7 Å². The second-order valence-corrected chi connectivity index (χ2v) is 11.6. The summed E-state index contributed by atoms with van der Waals surface area (Å²) in [6.45, 7) is 6.47. The molecule has 2 amide bonds. The molecule has 0 radical (unpaired) electrons. The molecule has 3 aromatic carbocycles. The van der Waals surface area contributed by atoms with E-state index in [-0.39, 0.29) is 11.8 Å². The number of carbonyl (C=O) groups is 1. The highest BCUT2D eigenvalue weighted by Gasteiger charge is 2.31. The summed E-state index contributed by atoms with van der Waals surface area (Å²) in [5.74, 6) is 1.36. The van der Waals surface area contributed by atoms with Gasteiger partial charge in [-0.1, -0.05) is 68.1 Å². The fourth-order valence-corrected chi connectivity index (χ4v) is 5.98. The number of aliphatic imine (C=N–C) groups is 2. The third-order valence-corrected chi connectivity index (χ3v) is 7.98. The molecular formula is C32H31F3N6O2S. The molecule has 12 heteroatoms. The number of urea groups is 1. The minimum absolute atomic E-state index is 0.212. The number of amidine groups is 1. The van der Waals surface area contributed by atoms with E-state index in [0.29, 0.717) is 29.0 Å². The summed E-state index contributed by atoms with van der Waals surface area (Å²) < 4.78 is 42.6. The Balaban J connectivity index is 1.21. The van der Waals surface area contributed by atoms with Crippen molar-refractivity contribution in [2.24, 2.45) is 9.98 Å². The van der Waals surface area contributed by atoms with Gasteiger partial charge in [-0.2, -0.15) is 4.99 Å². The SMILES string of the molecule is CC(C)c1ccccc1N1C(=NC(=O)N=CCc2ccc(-c3ncn(-c4ccc(OC(F)(F)F)cc4)n3)cc2)SCCC1C. The second-order valence-electron chi connectivity index (χ2n) is 10.5. The van der Waals surface area contributed by atoms with Crippen LogP contribution < -0.4 is 9.64 Å². The summed E-state index contributed by atoms with van der Waals surface area (Å²) >= 11 is 1.57. The van der Waals surface area contributed by atoms with E-state index in [9.17, 15) is 18.0 Å². The highest BCUT2D eigenvalue weighted by atomic mass is 32.2. The predicted octanol–water partition coefficient (Wildman–Crippen LogP) is 8.08. The molecule has 0 saturated carbocycles. The molecule has 1 aliphatic rings. The van der Waals surface area contributed by atoms with Crippen LogP contribution in [0.5, 0.6) is 5.75 Å². The molecule has 1 unspecified atom stereocenters. The quantitative estimate of drug-likeness (QED) is 0.194. The van der Waals surface area contributed by atoms with E-state index in [0.717, 1.165) is 29.0 Å². The zero-order valence-electron chi connectivity index (χ0n) is 24.4. The van der Waals surface area contributed by atoms with Gasteiger partial charge in [0.25, 0.3) is 0 Å². The monoisotopic (exact) mass is 620 g/mol. The zero-order chi connectivity index (χ0) is 31.3. The Bertz CT molecular complexity index is 1650. The lowest BCUT2D eigenvalue weighted by Gasteiger charge is -2.37. The third-order valence-electron chi connectivity index (χ3n) is 6.99. The molecule has 1 saturated heterocycles. The molecule has 2 heterocycles. The van der Waals surface area contributed by atoms with Crippen LogP contribution in [0.2, 0.25) is 0 Å². The van der Waals surface area contributed by atoms with Gasteiger partial charge in [-0.3, -0.25) is 0 Å². The molecule has 0 aliphatic carbocycles. The maximum Gasteiger partial charge on any atom is 0.573 e. The van der Waals surface area contributed by atoms with Gasteiger partial charge >= 0.3 is 12.4 Å². The van der Waals surface area contributed by atoms with Crippen LogP contribution in [0.15, 0.2) is 89.1 Å². The summed E-state index contributed by atoms with van der Waals surface area (Å²) in [5.41, 5.74) is 4.52. The third kappa shape index (κ3) is 7.73. The number of alkyl halides is 3. The maximum atomic E-state index is 12.7. The first-order valence-corrected chi connectivity index (χ1v) is 15.1. The van der Waals surface area contributed by atoms with Crippen LogP contribution in [-0.4, -0.2) is 50.3 Å². The maximum absolute atomic E-state index is 12.7. The van der Waals surface area contributed by atoms with E-state index in [1.54, 1.807) is 18.0 Å². The summed E-state index contributed by atoms with van der Waals surface area (Å²) in [5, 5.41) is 5.09. The second kappa shape index (κ2) is 13.5. The number of carbonyl (C=O) groups excluding carboxylic acids is 1. The Hall–Kier alpha value is -4.45. The van der Waals surface area contributed by atoms with E-state index in [1.807, 2.05) is 36.4 Å². The Kier molecular flexibility index (Phi) is 9.48. The van der Waals surface area contributed by atoms with Crippen molar-refractivity contribution in [3.63, 3.8) is 0 Å². The van der Waals surface area contributed by atoms with Gasteiger partial charge in [0.1, 0.15) is 12.1 Å². The Morgan fingerprint density at radius 2 is 1.82 bits per heavy atom. The van der Waals surface area contributed by atoms with Gasteiger partial charge in [-0.25, -0.2) is 19.5 Å². The number of anilines is 1. The van der Waals surface area contributed by atoms with Crippen molar-refractivity contribution in [3.8, 4) is 22.8 Å². The van der Waals surface area contributed by atoms with Gasteiger partial charge < -0.3 is 9.64 Å². The minimum Gasteiger partial charge on any atom is -0.406 e. The number of aromatic nitrogens is 3. The fourth-order valence-electron chi connectivity index (χ4n) is 4.78. The van der Waals surface area contributed by atoms with Crippen LogP contribution in [-0.2, 0) is 6.42 Å². The van der Waals surface area contributed by atoms with Crippen LogP contribution in [0, 0.1) is 0 Å². The van der Waals surface area contributed by atoms with E-state index in [1.165, 1.54) is 40.8 Å². The molecule has 1 aromatic heterocycles. The largest absolute Gasteiger partial charge is 0.573 e. The van der Waals surface area contributed by atoms with Crippen molar-refractivity contribution < 1.29 is 22.7 Å². The molecule has 1 atom stereocenters. The zero-order valence-corrected chi connectivity index (χ0v) is 25.2. The smallest absolute Gasteiger partial charge is 0.406 e. The average Bonchev–Trinajstić information content (AvgIpc) is 3.48. The lowest BCUT2D eigenvalue weighted by molar-refractivity contribution is -0.274. The molecule has 0 bridgehead atoms. The number of ether oxygens (including phenoxy) is 1. The minimum atomic E-state index is -4.75. The summed E-state index contributed by atoms with van der Waals surface area (Å²) in [6.07, 6.45) is -0.276. The Morgan fingerprint density at radius 1 is 1.09 bits per heavy atom. The van der Waals surface area contributed by atoms with Crippen LogP contribution in [0.4, 0.5) is 23.7 Å². The molecule has 1 aliphatic heterocycles. The molecule has 0 spiro atoms. The topological polar surface area (TPSA) is 85.0 Å². The predicted molar refractivity (Wildman–Crippen MR) is 168 cm³/mol. The van der Waals surface area contributed by atoms with Crippen molar-refractivity contribution in [2.45, 2.75) is 51.9 Å². The number of thioether (sulfide) groups is 1. The molecule has 228 valence electrons. The Labute approximate surface area is 257 Å². The van der Waals surface area contributed by atoms with Crippen LogP contribution >= 0.6 is 11.8 Å². The van der Waals surface area contributed by atoms with Gasteiger partial charge in [0, 0.05) is 35.7 Å². The van der Waals surface area contributed by atoms with E-state index in [2.05, 4.69) is 62.6 Å². The van der Waals surface area contributed by atoms with E-state index >= 15 is 0 Å². The highest BCUT2D eigenvalue weighted by molar-refractivity contribution is 8.14. The lowest BCUT2D eigenvalue weighted by Crippen LogP contribution is -2.42. The summed E-state index contributed by atoms with van der Waals surface area (Å²) in [6, 6.07) is 20.8. The fraction of sp³-hybridized carbons (Fsp3) is 0.281. The molecule has 8 nitrogen and oxygen atoms in total. The summed E-state index contributed by atoms with van der Waals surface area (Å²) in [7, 11) is 0. The van der Waals surface area contributed by atoms with E-state index in [4.69, 9.17) is 0 Å². The standard InChI is InChI=1S/C32H31F3N6O2S/c1-21(2)27-6-4-5-7-28(27)41-22(3)17-19-44-31(41)38-30(42)36-18-16-23-8-10-24(11-9-23)29-37-20-40(39-29)25-12-14-26(15-13-25)43-32(33,34)35/h4-15,18,20-22H,16-17,19H2,1-3H3. The normalized spacial score (nSPS) is 16.7. The van der Waals surface area contributed by atoms with Gasteiger partial charge in [0.05, 0.1) is 5.69 Å². The van der Waals surface area contributed by atoms with Crippen molar-refractivity contribution in [1.29, 1.82) is 0 Å². The number of amides is 2. The first-order chi connectivity index (χ1) is 21.1. The number of benzene rings is 3. The average molecular weight is 621 g/mol. The van der Waals surface area contributed by atoms with Crippen molar-refractivity contribution in [3.05, 3.63) is 90.3 Å². The first kappa shape index (κ1) is 31.0. The molecular weight excluding hydrogens is 589 g/mol. The first-order valence-electron chi connectivity index (χ1n) is 14.1. The van der Waals surface area contributed by atoms with Crippen molar-refractivity contribution in [2.75, 3.05) is 10.7 Å². The molecule has 1 fully saturated rings. The van der Waals surface area contributed by atoms with Gasteiger partial charge in [0.15, 0.2) is 11.0 Å². The molecule has 4 aromatic rings. The van der Waals surface area contributed by atoms with Crippen LogP contribution in [0.1, 0.15) is 44.2 Å². The number of rotatable bonds is 7. The number of nitrogens with zero attached hydrogens (tertiary/aromatic N) is 6.